The molecule has 4 rings (SSSR count). The molecule has 1 aromatic heterocycles. The minimum atomic E-state index is -4.71. The molecule has 2 aromatic carbocycles. The van der Waals surface area contributed by atoms with E-state index in [-0.39, 0.29) is 23.7 Å². The lowest BCUT2D eigenvalue weighted by Gasteiger charge is -2.39. The minimum Gasteiger partial charge on any atom is -0.496 e. The Morgan fingerprint density at radius 3 is 2.63 bits per heavy atom. The van der Waals surface area contributed by atoms with E-state index in [9.17, 15) is 23.1 Å². The number of aromatic nitrogens is 4. The number of alkyl halides is 3. The third kappa shape index (κ3) is 5.21. The Morgan fingerprint density at radius 1 is 1.23 bits per heavy atom. The van der Waals surface area contributed by atoms with E-state index in [0.717, 1.165) is 5.56 Å². The maximum Gasteiger partial charge on any atom is 0.453 e. The third-order valence-corrected chi connectivity index (χ3v) is 6.22. The molecule has 3 aromatic rings. The fourth-order valence-corrected chi connectivity index (χ4v) is 4.50. The van der Waals surface area contributed by atoms with Crippen molar-refractivity contribution < 1.29 is 27.8 Å². The molecule has 186 valence electrons. The van der Waals surface area contributed by atoms with Crippen molar-refractivity contribution in [2.75, 3.05) is 20.2 Å². The lowest BCUT2D eigenvalue weighted by atomic mass is 9.85. The quantitative estimate of drug-likeness (QED) is 0.540. The van der Waals surface area contributed by atoms with E-state index < -0.39 is 18.1 Å². The van der Waals surface area contributed by atoms with E-state index in [1.165, 1.54) is 18.1 Å². The Hall–Kier alpha value is -3.67. The van der Waals surface area contributed by atoms with Crippen molar-refractivity contribution in [1.29, 1.82) is 0 Å². The molecule has 0 saturated carbocycles. The lowest BCUT2D eigenvalue weighted by molar-refractivity contribution is -0.146. The van der Waals surface area contributed by atoms with Crippen LogP contribution in [0.2, 0.25) is 0 Å². The van der Waals surface area contributed by atoms with E-state index in [4.69, 9.17) is 4.74 Å². The Morgan fingerprint density at radius 2 is 1.97 bits per heavy atom. The van der Waals surface area contributed by atoms with Crippen molar-refractivity contribution in [3.63, 3.8) is 0 Å². The molecule has 35 heavy (non-hydrogen) atoms. The van der Waals surface area contributed by atoms with Crippen molar-refractivity contribution in [1.82, 2.24) is 30.4 Å². The molecule has 1 fully saturated rings. The van der Waals surface area contributed by atoms with Gasteiger partial charge in [-0.1, -0.05) is 30.3 Å². The highest BCUT2D eigenvalue weighted by molar-refractivity contribution is 5.65. The van der Waals surface area contributed by atoms with Gasteiger partial charge in [0.2, 0.25) is 0 Å². The maximum absolute atomic E-state index is 13.3. The predicted octanol–water partition coefficient (Wildman–Crippen LogP) is 3.88. The standard InChI is InChI=1S/C23H25F3N6O3/c1-14(27-19-10-11-31(22(33)34)13-18(19)15-6-4-3-5-7-15)17-12-16(8-9-20(17)35-2)32-21(23(24,25)26)28-29-30-32/h3-9,12,14,18-19,27H,10-11,13H2,1-2H3,(H,33,34)/t14-,18+,19+/m1/s1. The number of hydrogen-bond donors (Lipinski definition) is 2. The van der Waals surface area contributed by atoms with Crippen molar-refractivity contribution in [3.8, 4) is 11.4 Å². The maximum atomic E-state index is 13.3. The second-order valence-electron chi connectivity index (χ2n) is 8.37. The van der Waals surface area contributed by atoms with E-state index in [0.29, 0.717) is 35.5 Å². The van der Waals surface area contributed by atoms with Gasteiger partial charge < -0.3 is 20.1 Å². The van der Waals surface area contributed by atoms with E-state index in [1.807, 2.05) is 37.3 Å². The topological polar surface area (TPSA) is 105 Å². The number of tetrazole rings is 1. The van der Waals surface area contributed by atoms with Gasteiger partial charge in [-0.2, -0.15) is 17.9 Å². The summed E-state index contributed by atoms with van der Waals surface area (Å²) in [5, 5.41) is 22.9. The number of benzene rings is 2. The number of nitrogens with zero attached hydrogens (tertiary/aromatic N) is 5. The molecule has 3 atom stereocenters. The number of carbonyl (C=O) groups is 1. The van der Waals surface area contributed by atoms with Gasteiger partial charge in [0, 0.05) is 36.7 Å². The molecule has 9 nitrogen and oxygen atoms in total. The lowest BCUT2D eigenvalue weighted by Crippen LogP contribution is -2.50. The Labute approximate surface area is 199 Å². The van der Waals surface area contributed by atoms with Gasteiger partial charge in [0.05, 0.1) is 12.8 Å². The van der Waals surface area contributed by atoms with Gasteiger partial charge in [-0.3, -0.25) is 0 Å². The largest absolute Gasteiger partial charge is 0.496 e. The van der Waals surface area contributed by atoms with Gasteiger partial charge in [-0.15, -0.1) is 5.10 Å². The fraction of sp³-hybridized carbons (Fsp3) is 0.391. The number of methoxy groups -OCH3 is 1. The first kappa shape index (κ1) is 24.5. The summed E-state index contributed by atoms with van der Waals surface area (Å²) in [5.74, 6) is -0.831. The van der Waals surface area contributed by atoms with Crippen molar-refractivity contribution in [3.05, 3.63) is 65.5 Å². The highest BCUT2D eigenvalue weighted by atomic mass is 19.4. The molecule has 1 saturated heterocycles. The number of carboxylic acid groups (broad SMARTS) is 1. The van der Waals surface area contributed by atoms with Crippen LogP contribution in [0.5, 0.6) is 5.75 Å². The summed E-state index contributed by atoms with van der Waals surface area (Å²) in [6, 6.07) is 13.8. The van der Waals surface area contributed by atoms with Gasteiger partial charge in [0.1, 0.15) is 5.75 Å². The molecule has 1 aliphatic rings. The van der Waals surface area contributed by atoms with Crippen molar-refractivity contribution in [2.24, 2.45) is 0 Å². The van der Waals surface area contributed by atoms with Crippen LogP contribution in [0, 0.1) is 0 Å². The van der Waals surface area contributed by atoms with E-state index >= 15 is 0 Å². The number of hydrogen-bond acceptors (Lipinski definition) is 6. The predicted molar refractivity (Wildman–Crippen MR) is 119 cm³/mol. The summed E-state index contributed by atoms with van der Waals surface area (Å²) in [5.41, 5.74) is 1.78. The van der Waals surface area contributed by atoms with Gasteiger partial charge in [0.25, 0.3) is 5.82 Å². The Balaban J connectivity index is 1.63. The minimum absolute atomic E-state index is 0.0739. The van der Waals surface area contributed by atoms with Crippen LogP contribution in [0.15, 0.2) is 48.5 Å². The summed E-state index contributed by atoms with van der Waals surface area (Å²) in [6.07, 6.45) is -5.11. The van der Waals surface area contributed by atoms with Crippen LogP contribution in [0.25, 0.3) is 5.69 Å². The summed E-state index contributed by atoms with van der Waals surface area (Å²) in [7, 11) is 1.49. The van der Waals surface area contributed by atoms with Crippen LogP contribution in [-0.4, -0.2) is 62.5 Å². The highest BCUT2D eigenvalue weighted by Crippen LogP contribution is 2.34. The Bertz CT molecular complexity index is 1170. The molecule has 0 unspecified atom stereocenters. The van der Waals surface area contributed by atoms with Crippen molar-refractivity contribution >= 4 is 6.09 Å². The average Bonchev–Trinajstić information content (AvgIpc) is 3.35. The summed E-state index contributed by atoms with van der Waals surface area (Å²) < 4.78 is 46.1. The number of likely N-dealkylation sites (tertiary alicyclic amines) is 1. The van der Waals surface area contributed by atoms with E-state index in [2.05, 4.69) is 20.8 Å². The number of ether oxygens (including phenoxy) is 1. The SMILES string of the molecule is COc1ccc(-n2nnnc2C(F)(F)F)cc1[C@@H](C)N[C@H]1CCN(C(=O)O)C[C@H]1c1ccccc1. The first-order valence-corrected chi connectivity index (χ1v) is 11.0. The number of rotatable bonds is 6. The van der Waals surface area contributed by atoms with Gasteiger partial charge in [-0.05, 0) is 47.5 Å². The zero-order chi connectivity index (χ0) is 25.2. The number of piperidine rings is 1. The molecule has 0 aliphatic carbocycles. The van der Waals surface area contributed by atoms with Crippen molar-refractivity contribution in [2.45, 2.75) is 37.5 Å². The van der Waals surface area contributed by atoms with Crippen LogP contribution in [0.4, 0.5) is 18.0 Å². The fourth-order valence-electron chi connectivity index (χ4n) is 4.50. The first-order chi connectivity index (χ1) is 16.7. The molecule has 12 heteroatoms. The zero-order valence-corrected chi connectivity index (χ0v) is 19.1. The average molecular weight is 490 g/mol. The molecule has 0 radical (unpaired) electrons. The number of halogens is 3. The van der Waals surface area contributed by atoms with Gasteiger partial charge >= 0.3 is 12.3 Å². The van der Waals surface area contributed by atoms with Crippen LogP contribution < -0.4 is 10.1 Å². The molecule has 2 heterocycles. The third-order valence-electron chi connectivity index (χ3n) is 6.22. The zero-order valence-electron chi connectivity index (χ0n) is 19.1. The number of nitrogens with one attached hydrogen (secondary N) is 1. The van der Waals surface area contributed by atoms with Crippen LogP contribution in [-0.2, 0) is 6.18 Å². The summed E-state index contributed by atoms with van der Waals surface area (Å²) >= 11 is 0. The molecule has 1 aliphatic heterocycles. The van der Waals surface area contributed by atoms with Gasteiger partial charge in [-0.25, -0.2) is 4.79 Å². The second-order valence-corrected chi connectivity index (χ2v) is 8.37. The second kappa shape index (κ2) is 9.90. The molecule has 1 amide bonds. The van der Waals surface area contributed by atoms with Crippen LogP contribution >= 0.6 is 0 Å². The number of amides is 1. The molecule has 0 bridgehead atoms. The summed E-state index contributed by atoms with van der Waals surface area (Å²) in [4.78, 5) is 13.0. The monoisotopic (exact) mass is 490 g/mol. The Kier molecular flexibility index (Phi) is 6.92. The highest BCUT2D eigenvalue weighted by Gasteiger charge is 2.39. The first-order valence-electron chi connectivity index (χ1n) is 11.0. The van der Waals surface area contributed by atoms with Crippen LogP contribution in [0.1, 0.15) is 42.3 Å². The normalized spacial score (nSPS) is 19.4. The van der Waals surface area contributed by atoms with Crippen LogP contribution in [0.3, 0.4) is 0 Å². The molecule has 2 N–H and O–H groups in total. The smallest absolute Gasteiger partial charge is 0.453 e. The van der Waals surface area contributed by atoms with Gasteiger partial charge in [0.15, 0.2) is 0 Å². The molecular weight excluding hydrogens is 465 g/mol. The summed E-state index contributed by atoms with van der Waals surface area (Å²) in [6.45, 7) is 2.60. The molecular formula is C23H25F3N6O3. The molecule has 0 spiro atoms. The van der Waals surface area contributed by atoms with E-state index in [1.54, 1.807) is 12.1 Å².